The molecule has 1 atom stereocenters. The van der Waals surface area contributed by atoms with Crippen molar-refractivity contribution in [3.63, 3.8) is 0 Å². The van der Waals surface area contributed by atoms with Crippen LogP contribution in [0.3, 0.4) is 0 Å². The molecule has 13 heteroatoms. The summed E-state index contributed by atoms with van der Waals surface area (Å²) in [5.41, 5.74) is 2.38. The Bertz CT molecular complexity index is 1970. The van der Waals surface area contributed by atoms with E-state index in [2.05, 4.69) is 57.7 Å². The number of alkyl halides is 3. The number of nitriles is 1. The van der Waals surface area contributed by atoms with Crippen LogP contribution >= 0.6 is 23.2 Å². The zero-order valence-electron chi connectivity index (χ0n) is 26.5. The summed E-state index contributed by atoms with van der Waals surface area (Å²) >= 11 is 12.9. The standard InChI is InChI=1S/C35H33Cl2F3N8/c1-34(2,3)47-13-11-27(12-14-47)48-20-30(45-46-48)32(21-7-9-24(36)10-8-21)44-29-17-25(37)16-28-31(22(18-41)19-42-33(28)29)43-26-6-4-5-23(15-26)35(38,39)40/h4-10,15-17,19-20,27,32,44H,11-14H2,1-3H3,(H,42,43)/t32-/m0/s1. The lowest BCUT2D eigenvalue weighted by atomic mass is 9.98. The van der Waals surface area contributed by atoms with Crippen molar-refractivity contribution in [3.8, 4) is 6.07 Å². The smallest absolute Gasteiger partial charge is 0.371 e. The van der Waals surface area contributed by atoms with Crippen LogP contribution in [0.4, 0.5) is 30.2 Å². The highest BCUT2D eigenvalue weighted by Gasteiger charge is 2.31. The van der Waals surface area contributed by atoms with E-state index < -0.39 is 17.8 Å². The first kappa shape index (κ1) is 33.5. The van der Waals surface area contributed by atoms with E-state index in [4.69, 9.17) is 23.2 Å². The van der Waals surface area contributed by atoms with Crippen molar-refractivity contribution in [1.29, 1.82) is 5.26 Å². The van der Waals surface area contributed by atoms with Crippen LogP contribution in [-0.2, 0) is 6.18 Å². The molecule has 2 N–H and O–H groups in total. The number of pyridine rings is 1. The van der Waals surface area contributed by atoms with Gasteiger partial charge in [0.1, 0.15) is 11.8 Å². The molecule has 3 aromatic carbocycles. The molecule has 248 valence electrons. The summed E-state index contributed by atoms with van der Waals surface area (Å²) < 4.78 is 42.3. The van der Waals surface area contributed by atoms with Crippen molar-refractivity contribution in [2.45, 2.75) is 57.4 Å². The Hall–Kier alpha value is -4.37. The second-order valence-electron chi connectivity index (χ2n) is 12.9. The minimum atomic E-state index is -4.53. The van der Waals surface area contributed by atoms with Crippen LogP contribution < -0.4 is 10.6 Å². The molecule has 1 fully saturated rings. The molecule has 1 saturated heterocycles. The van der Waals surface area contributed by atoms with Gasteiger partial charge in [-0.3, -0.25) is 9.88 Å². The van der Waals surface area contributed by atoms with E-state index >= 15 is 0 Å². The third-order valence-electron chi connectivity index (χ3n) is 8.63. The summed E-state index contributed by atoms with van der Waals surface area (Å²) in [4.78, 5) is 7.06. The number of fused-ring (bicyclic) bond motifs is 1. The summed E-state index contributed by atoms with van der Waals surface area (Å²) in [6.07, 6.45) is 0.710. The Morgan fingerprint density at radius 1 is 0.979 bits per heavy atom. The van der Waals surface area contributed by atoms with Gasteiger partial charge in [-0.15, -0.1) is 5.10 Å². The minimum Gasteiger partial charge on any atom is -0.371 e. The predicted molar refractivity (Wildman–Crippen MR) is 183 cm³/mol. The molecule has 0 aliphatic carbocycles. The van der Waals surface area contributed by atoms with Crippen molar-refractivity contribution in [3.05, 3.63) is 105 Å². The van der Waals surface area contributed by atoms with Gasteiger partial charge in [-0.05, 0) is 81.6 Å². The van der Waals surface area contributed by atoms with Crippen LogP contribution in [0.25, 0.3) is 10.9 Å². The molecule has 0 unspecified atom stereocenters. The molecule has 0 spiro atoms. The van der Waals surface area contributed by atoms with E-state index in [9.17, 15) is 18.4 Å². The minimum absolute atomic E-state index is 0.104. The highest BCUT2D eigenvalue weighted by Crippen LogP contribution is 2.39. The Kier molecular flexibility index (Phi) is 9.27. The second-order valence-corrected chi connectivity index (χ2v) is 13.7. The molecule has 0 saturated carbocycles. The van der Waals surface area contributed by atoms with Gasteiger partial charge in [0, 0.05) is 45.9 Å². The number of nitrogens with one attached hydrogen (secondary N) is 2. The van der Waals surface area contributed by atoms with E-state index in [1.807, 2.05) is 23.0 Å². The fraction of sp³-hybridized carbons (Fsp3) is 0.314. The zero-order chi connectivity index (χ0) is 34.2. The predicted octanol–water partition coefficient (Wildman–Crippen LogP) is 9.40. The van der Waals surface area contributed by atoms with Crippen LogP contribution in [0.5, 0.6) is 0 Å². The number of benzene rings is 3. The number of piperidine rings is 1. The number of halogens is 5. The molecule has 8 nitrogen and oxygen atoms in total. The molecule has 1 aliphatic heterocycles. The SMILES string of the molecule is CC(C)(C)N1CCC(n2cc([C@@H](Nc3cc(Cl)cc4c(Nc5cccc(C(F)(F)F)c5)c(C#N)cnc34)c3ccc(Cl)cc3)nn2)CC1. The average Bonchev–Trinajstić information content (AvgIpc) is 3.54. The summed E-state index contributed by atoms with van der Waals surface area (Å²) in [5.74, 6) is 0. The summed E-state index contributed by atoms with van der Waals surface area (Å²) in [5, 5.41) is 27.0. The van der Waals surface area contributed by atoms with Crippen molar-refractivity contribution < 1.29 is 13.2 Å². The van der Waals surface area contributed by atoms with Crippen LogP contribution in [0.1, 0.15) is 68.1 Å². The first-order valence-electron chi connectivity index (χ1n) is 15.5. The molecule has 0 bridgehead atoms. The maximum atomic E-state index is 13.5. The number of hydrogen-bond donors (Lipinski definition) is 2. The van der Waals surface area contributed by atoms with Crippen molar-refractivity contribution >= 4 is 51.2 Å². The Morgan fingerprint density at radius 3 is 2.38 bits per heavy atom. The van der Waals surface area contributed by atoms with E-state index in [1.54, 1.807) is 24.3 Å². The van der Waals surface area contributed by atoms with Crippen molar-refractivity contribution in [2.24, 2.45) is 0 Å². The first-order valence-corrected chi connectivity index (χ1v) is 16.2. The van der Waals surface area contributed by atoms with E-state index in [0.717, 1.165) is 43.6 Å². The fourth-order valence-corrected chi connectivity index (χ4v) is 6.40. The Morgan fingerprint density at radius 2 is 1.71 bits per heavy atom. The number of rotatable bonds is 7. The maximum Gasteiger partial charge on any atom is 0.416 e. The zero-order valence-corrected chi connectivity index (χ0v) is 28.0. The largest absolute Gasteiger partial charge is 0.416 e. The third kappa shape index (κ3) is 7.21. The molecule has 6 rings (SSSR count). The summed E-state index contributed by atoms with van der Waals surface area (Å²) in [6.45, 7) is 8.60. The highest BCUT2D eigenvalue weighted by atomic mass is 35.5. The van der Waals surface area contributed by atoms with Gasteiger partial charge in [-0.1, -0.05) is 46.6 Å². The molecule has 3 heterocycles. The quantitative estimate of drug-likeness (QED) is 0.175. The van der Waals surface area contributed by atoms with Gasteiger partial charge in [-0.2, -0.15) is 18.4 Å². The van der Waals surface area contributed by atoms with Crippen LogP contribution in [0, 0.1) is 11.3 Å². The lowest BCUT2D eigenvalue weighted by Crippen LogP contribution is -2.46. The van der Waals surface area contributed by atoms with Gasteiger partial charge < -0.3 is 10.6 Å². The topological polar surface area (TPSA) is 94.7 Å². The number of likely N-dealkylation sites (tertiary alicyclic amines) is 1. The number of aromatic nitrogens is 4. The monoisotopic (exact) mass is 692 g/mol. The van der Waals surface area contributed by atoms with Crippen molar-refractivity contribution in [1.82, 2.24) is 24.9 Å². The molecule has 1 aliphatic rings. The average molecular weight is 694 g/mol. The summed E-state index contributed by atoms with van der Waals surface area (Å²) in [6, 6.07) is 17.3. The van der Waals surface area contributed by atoms with Gasteiger partial charge in [0.2, 0.25) is 0 Å². The van der Waals surface area contributed by atoms with Crippen LogP contribution in [0.2, 0.25) is 10.0 Å². The lowest BCUT2D eigenvalue weighted by Gasteiger charge is -2.40. The molecular weight excluding hydrogens is 660 g/mol. The van der Waals surface area contributed by atoms with Gasteiger partial charge in [0.25, 0.3) is 0 Å². The van der Waals surface area contributed by atoms with E-state index in [-0.39, 0.29) is 28.5 Å². The molecule has 0 amide bonds. The maximum absolute atomic E-state index is 13.5. The third-order valence-corrected chi connectivity index (χ3v) is 9.10. The second kappa shape index (κ2) is 13.3. The van der Waals surface area contributed by atoms with Crippen LogP contribution in [0.15, 0.2) is 73.1 Å². The van der Waals surface area contributed by atoms with Gasteiger partial charge in [-0.25, -0.2) is 4.68 Å². The molecule has 0 radical (unpaired) electrons. The number of hydrogen-bond acceptors (Lipinski definition) is 7. The molecule has 48 heavy (non-hydrogen) atoms. The Balaban J connectivity index is 1.38. The van der Waals surface area contributed by atoms with Gasteiger partial charge >= 0.3 is 6.18 Å². The Labute approximate surface area is 286 Å². The van der Waals surface area contributed by atoms with Crippen LogP contribution in [-0.4, -0.2) is 43.5 Å². The number of anilines is 3. The molecule has 2 aromatic heterocycles. The lowest BCUT2D eigenvalue weighted by molar-refractivity contribution is -0.137. The summed E-state index contributed by atoms with van der Waals surface area (Å²) in [7, 11) is 0. The molecule has 5 aromatic rings. The van der Waals surface area contributed by atoms with E-state index in [0.29, 0.717) is 32.3 Å². The fourth-order valence-electron chi connectivity index (χ4n) is 6.06. The van der Waals surface area contributed by atoms with Gasteiger partial charge in [0.15, 0.2) is 0 Å². The molecular formula is C35H33Cl2F3N8. The van der Waals surface area contributed by atoms with Gasteiger partial charge in [0.05, 0.1) is 46.3 Å². The van der Waals surface area contributed by atoms with Crippen molar-refractivity contribution in [2.75, 3.05) is 23.7 Å². The number of nitrogens with zero attached hydrogens (tertiary/aromatic N) is 6. The normalized spacial score (nSPS) is 15.3. The van der Waals surface area contributed by atoms with E-state index in [1.165, 1.54) is 18.3 Å². The highest BCUT2D eigenvalue weighted by molar-refractivity contribution is 6.32. The first-order chi connectivity index (χ1) is 22.8.